The zero-order valence-corrected chi connectivity index (χ0v) is 15.7. The normalized spacial score (nSPS) is 31.8. The van der Waals surface area contributed by atoms with Gasteiger partial charge in [-0.25, -0.2) is 9.18 Å². The van der Waals surface area contributed by atoms with Crippen LogP contribution in [0.15, 0.2) is 12.1 Å². The fraction of sp³-hybridized carbons (Fsp3) is 0.667. The van der Waals surface area contributed by atoms with E-state index in [4.69, 9.17) is 0 Å². The highest BCUT2D eigenvalue weighted by molar-refractivity contribution is 5.88. The van der Waals surface area contributed by atoms with E-state index in [0.29, 0.717) is 24.9 Å². The van der Waals surface area contributed by atoms with Crippen LogP contribution in [0.4, 0.5) is 4.39 Å². The van der Waals surface area contributed by atoms with Crippen LogP contribution in [0, 0.1) is 11.7 Å². The summed E-state index contributed by atoms with van der Waals surface area (Å²) in [4.78, 5) is 16.3. The van der Waals surface area contributed by atoms with Gasteiger partial charge in [0.05, 0.1) is 5.56 Å². The van der Waals surface area contributed by atoms with Gasteiger partial charge in [0.2, 0.25) is 0 Å². The Morgan fingerprint density at radius 1 is 1.27 bits per heavy atom. The number of carboxylic acids is 1. The summed E-state index contributed by atoms with van der Waals surface area (Å²) in [6, 6.07) is 4.67. The van der Waals surface area contributed by atoms with E-state index < -0.39 is 5.97 Å². The van der Waals surface area contributed by atoms with E-state index in [9.17, 15) is 14.3 Å². The maximum atomic E-state index is 14.5. The smallest absolute Gasteiger partial charge is 0.335 e. The number of piperidine rings is 1. The molecule has 3 heterocycles. The van der Waals surface area contributed by atoms with Crippen LogP contribution < -0.4 is 0 Å². The van der Waals surface area contributed by atoms with Crippen molar-refractivity contribution in [3.05, 3.63) is 34.6 Å². The number of hydrogen-bond donors (Lipinski definition) is 1. The Hall–Kier alpha value is -1.46. The minimum Gasteiger partial charge on any atom is -0.478 e. The van der Waals surface area contributed by atoms with Crippen LogP contribution in [0.25, 0.3) is 0 Å². The molecule has 2 saturated heterocycles. The average molecular weight is 360 g/mol. The van der Waals surface area contributed by atoms with Crippen molar-refractivity contribution in [2.75, 3.05) is 13.6 Å². The molecule has 2 unspecified atom stereocenters. The minimum atomic E-state index is -1.05. The monoisotopic (exact) mass is 360 g/mol. The Balaban J connectivity index is 1.53. The third kappa shape index (κ3) is 3.16. The van der Waals surface area contributed by atoms with Gasteiger partial charge in [0, 0.05) is 31.2 Å². The molecule has 1 aromatic carbocycles. The summed E-state index contributed by atoms with van der Waals surface area (Å²) in [5.41, 5.74) is 1.65. The molecule has 0 aromatic heterocycles. The number of nitrogens with zero attached hydrogens (tertiary/aromatic N) is 2. The second-order valence-electron chi connectivity index (χ2n) is 8.48. The highest BCUT2D eigenvalue weighted by atomic mass is 19.1. The topological polar surface area (TPSA) is 43.8 Å². The van der Waals surface area contributed by atoms with Crippen LogP contribution in [-0.2, 0) is 13.0 Å². The molecule has 0 radical (unpaired) electrons. The van der Waals surface area contributed by atoms with Crippen LogP contribution in [0.3, 0.4) is 0 Å². The predicted molar refractivity (Wildman–Crippen MR) is 98.8 cm³/mol. The molecule has 0 aliphatic carbocycles. The summed E-state index contributed by atoms with van der Waals surface area (Å²) in [7, 11) is 2.26. The number of halogens is 1. The maximum absolute atomic E-state index is 14.5. The molecule has 26 heavy (non-hydrogen) atoms. The Labute approximate surface area is 155 Å². The number of fused-ring (bicyclic) bond motifs is 3. The number of carboxylic acid groups (broad SMARTS) is 1. The zero-order valence-electron chi connectivity index (χ0n) is 15.7. The van der Waals surface area contributed by atoms with Crippen molar-refractivity contribution in [1.82, 2.24) is 9.80 Å². The third-order valence-corrected chi connectivity index (χ3v) is 7.02. The number of hydrogen-bond acceptors (Lipinski definition) is 3. The van der Waals surface area contributed by atoms with E-state index >= 15 is 0 Å². The summed E-state index contributed by atoms with van der Waals surface area (Å²) >= 11 is 0. The van der Waals surface area contributed by atoms with Crippen LogP contribution in [0.5, 0.6) is 0 Å². The van der Waals surface area contributed by atoms with Gasteiger partial charge in [-0.15, -0.1) is 0 Å². The Kier molecular flexibility index (Phi) is 4.78. The van der Waals surface area contributed by atoms with Gasteiger partial charge >= 0.3 is 5.97 Å². The van der Waals surface area contributed by atoms with Crippen molar-refractivity contribution in [2.24, 2.45) is 5.92 Å². The van der Waals surface area contributed by atoms with Crippen LogP contribution in [0.1, 0.15) is 60.5 Å². The van der Waals surface area contributed by atoms with Crippen LogP contribution in [0.2, 0.25) is 0 Å². The highest BCUT2D eigenvalue weighted by Crippen LogP contribution is 2.39. The van der Waals surface area contributed by atoms with Crippen molar-refractivity contribution in [1.29, 1.82) is 0 Å². The van der Waals surface area contributed by atoms with E-state index in [1.807, 2.05) is 0 Å². The molecule has 4 nitrogen and oxygen atoms in total. The van der Waals surface area contributed by atoms with Gasteiger partial charge in [0.15, 0.2) is 0 Å². The fourth-order valence-corrected chi connectivity index (χ4v) is 5.52. The summed E-state index contributed by atoms with van der Waals surface area (Å²) in [6.45, 7) is 3.90. The summed E-state index contributed by atoms with van der Waals surface area (Å²) in [6.07, 6.45) is 6.86. The zero-order chi connectivity index (χ0) is 18.4. The molecule has 1 aromatic rings. The van der Waals surface area contributed by atoms with Crippen LogP contribution in [-0.4, -0.2) is 52.6 Å². The fourth-order valence-electron chi connectivity index (χ4n) is 5.52. The first-order valence-corrected chi connectivity index (χ1v) is 9.96. The molecule has 0 amide bonds. The number of aromatic carboxylic acids is 1. The summed E-state index contributed by atoms with van der Waals surface area (Å²) in [5.74, 6) is -0.704. The Morgan fingerprint density at radius 2 is 1.96 bits per heavy atom. The third-order valence-electron chi connectivity index (χ3n) is 7.02. The molecule has 0 spiro atoms. The van der Waals surface area contributed by atoms with Gasteiger partial charge in [-0.05, 0) is 74.8 Å². The Bertz CT molecular complexity index is 693. The molecule has 0 saturated carbocycles. The molecular formula is C21H29FN2O2. The number of benzene rings is 1. The minimum absolute atomic E-state index is 0.0634. The van der Waals surface area contributed by atoms with Crippen molar-refractivity contribution < 1.29 is 14.3 Å². The van der Waals surface area contributed by atoms with Gasteiger partial charge in [-0.3, -0.25) is 4.90 Å². The first-order valence-electron chi connectivity index (χ1n) is 9.96. The van der Waals surface area contributed by atoms with E-state index in [0.717, 1.165) is 36.2 Å². The van der Waals surface area contributed by atoms with Crippen molar-refractivity contribution in [3.63, 3.8) is 0 Å². The van der Waals surface area contributed by atoms with Gasteiger partial charge in [-0.2, -0.15) is 0 Å². The average Bonchev–Trinajstić information content (AvgIpc) is 2.82. The second kappa shape index (κ2) is 6.93. The van der Waals surface area contributed by atoms with Crippen molar-refractivity contribution >= 4 is 5.97 Å². The first-order chi connectivity index (χ1) is 12.5. The van der Waals surface area contributed by atoms with E-state index in [2.05, 4.69) is 23.8 Å². The van der Waals surface area contributed by atoms with E-state index in [-0.39, 0.29) is 11.4 Å². The molecule has 5 heteroatoms. The molecule has 2 fully saturated rings. The lowest BCUT2D eigenvalue weighted by molar-refractivity contribution is 0.0693. The molecule has 142 valence electrons. The molecule has 2 bridgehead atoms. The predicted octanol–water partition coefficient (Wildman–Crippen LogP) is 3.53. The molecular weight excluding hydrogens is 331 g/mol. The molecule has 3 atom stereocenters. The van der Waals surface area contributed by atoms with E-state index in [1.54, 1.807) is 6.07 Å². The Morgan fingerprint density at radius 3 is 2.58 bits per heavy atom. The quantitative estimate of drug-likeness (QED) is 0.892. The maximum Gasteiger partial charge on any atom is 0.335 e. The highest BCUT2D eigenvalue weighted by Gasteiger charge is 2.39. The molecule has 1 N–H and O–H groups in total. The van der Waals surface area contributed by atoms with Gasteiger partial charge < -0.3 is 10.0 Å². The largest absolute Gasteiger partial charge is 0.478 e. The van der Waals surface area contributed by atoms with Gasteiger partial charge in [-0.1, -0.05) is 6.92 Å². The van der Waals surface area contributed by atoms with Gasteiger partial charge in [0.1, 0.15) is 5.82 Å². The van der Waals surface area contributed by atoms with Crippen molar-refractivity contribution in [2.45, 2.75) is 70.1 Å². The summed E-state index contributed by atoms with van der Waals surface area (Å²) in [5, 5.41) is 9.24. The van der Waals surface area contributed by atoms with E-state index in [1.165, 1.54) is 31.7 Å². The molecule has 3 aliphatic heterocycles. The molecule has 3 aliphatic rings. The number of carbonyl (C=O) groups is 1. The summed E-state index contributed by atoms with van der Waals surface area (Å²) < 4.78 is 14.5. The molecule has 4 rings (SSSR count). The lowest BCUT2D eigenvalue weighted by Gasteiger charge is -2.42. The van der Waals surface area contributed by atoms with Crippen molar-refractivity contribution in [3.8, 4) is 0 Å². The number of rotatable bonds is 4. The lowest BCUT2D eigenvalue weighted by Crippen LogP contribution is -2.47. The lowest BCUT2D eigenvalue weighted by atomic mass is 9.86. The SMILES string of the molecule is CC[C@@H]1Cc2c(F)cc(C(=O)O)cc2CN1CC1CC2CCC(C1)N2C. The van der Waals surface area contributed by atoms with Crippen LogP contribution >= 0.6 is 0 Å². The van der Waals surface area contributed by atoms with Gasteiger partial charge in [0.25, 0.3) is 0 Å². The standard InChI is InChI=1S/C21H29FN2O2/c1-3-16-10-19-15(8-14(21(25)26)9-20(19)22)12-24(16)11-13-6-17-4-5-18(7-13)23(17)2/h8-9,13,16-18H,3-7,10-12H2,1-2H3,(H,25,26)/t13?,16-,17?,18?/m1/s1. The first kappa shape index (κ1) is 17.9. The second-order valence-corrected chi connectivity index (χ2v) is 8.48.